The van der Waals surface area contributed by atoms with E-state index in [4.69, 9.17) is 0 Å². The lowest BCUT2D eigenvalue weighted by Gasteiger charge is -2.03. The minimum atomic E-state index is 0. The van der Waals surface area contributed by atoms with Crippen molar-refractivity contribution >= 4 is 23.1 Å². The van der Waals surface area contributed by atoms with Gasteiger partial charge in [0.05, 0.1) is 0 Å². The summed E-state index contributed by atoms with van der Waals surface area (Å²) in [4.78, 5) is 4.25. The number of halogens is 1. The first-order valence-electron chi connectivity index (χ1n) is 7.42. The highest BCUT2D eigenvalue weighted by atomic mass is 127. The van der Waals surface area contributed by atoms with Crippen LogP contribution >= 0.6 is 0 Å². The van der Waals surface area contributed by atoms with Gasteiger partial charge < -0.3 is 29.1 Å². The van der Waals surface area contributed by atoms with Crippen molar-refractivity contribution in [1.82, 2.24) is 4.98 Å². The Morgan fingerprint density at radius 2 is 1.96 bits per heavy atom. The lowest BCUT2D eigenvalue weighted by atomic mass is 10.1. The number of aromatic hydroxyl groups is 1. The minimum Gasteiger partial charge on any atom is -1.00 e. The molecule has 0 saturated heterocycles. The van der Waals surface area contributed by atoms with Gasteiger partial charge in [-0.1, -0.05) is 19.1 Å². The third kappa shape index (κ3) is 3.69. The van der Waals surface area contributed by atoms with E-state index >= 15 is 0 Å². The molecule has 0 saturated carbocycles. The summed E-state index contributed by atoms with van der Waals surface area (Å²) in [6.07, 6.45) is 9.05. The first kappa shape index (κ1) is 17.4. The Bertz CT molecular complexity index is 859. The molecule has 118 valence electrons. The highest BCUT2D eigenvalue weighted by Crippen LogP contribution is 2.25. The van der Waals surface area contributed by atoms with Crippen LogP contribution in [0.15, 0.2) is 48.8 Å². The van der Waals surface area contributed by atoms with Gasteiger partial charge in [-0.15, -0.1) is 0 Å². The topological polar surface area (TPSA) is 37.0 Å². The monoisotopic (exact) mass is 418 g/mol. The SMILES string of the molecule is CCc1ccc(/C=C/c2ccnc3c(O)cccc23)[n+](C)c1.[I-]. The molecule has 0 fully saturated rings. The second kappa shape index (κ2) is 7.55. The molecule has 0 spiro atoms. The number of hydrogen-bond donors (Lipinski definition) is 1. The molecule has 4 heteroatoms. The van der Waals surface area contributed by atoms with Crippen molar-refractivity contribution in [2.45, 2.75) is 13.3 Å². The van der Waals surface area contributed by atoms with Crippen LogP contribution in [0.25, 0.3) is 23.1 Å². The van der Waals surface area contributed by atoms with Gasteiger partial charge in [0.1, 0.15) is 18.3 Å². The lowest BCUT2D eigenvalue weighted by molar-refractivity contribution is -0.673. The number of hydrogen-bond acceptors (Lipinski definition) is 2. The molecule has 0 aliphatic heterocycles. The van der Waals surface area contributed by atoms with Crippen LogP contribution < -0.4 is 28.5 Å². The predicted molar refractivity (Wildman–Crippen MR) is 89.3 cm³/mol. The number of phenols is 1. The van der Waals surface area contributed by atoms with E-state index in [-0.39, 0.29) is 29.7 Å². The second-order valence-corrected chi connectivity index (χ2v) is 5.33. The van der Waals surface area contributed by atoms with E-state index < -0.39 is 0 Å². The quantitative estimate of drug-likeness (QED) is 0.497. The smallest absolute Gasteiger partial charge is 0.204 e. The molecular weight excluding hydrogens is 399 g/mol. The number of pyridine rings is 2. The standard InChI is InChI=1S/C19H18N2O.HI/c1-3-14-7-9-16(21(2)13-14)10-8-15-11-12-20-19-17(15)5-4-6-18(19)22;/h4-13H,3H2,1-2H3;1H. The molecular formula is C19H19IN2O. The average Bonchev–Trinajstić information content (AvgIpc) is 2.54. The summed E-state index contributed by atoms with van der Waals surface area (Å²) in [5.41, 5.74) is 4.12. The van der Waals surface area contributed by atoms with Gasteiger partial charge in [-0.3, -0.25) is 4.98 Å². The number of para-hydroxylation sites is 1. The van der Waals surface area contributed by atoms with Crippen molar-refractivity contribution in [3.05, 3.63) is 65.6 Å². The number of fused-ring (bicyclic) bond motifs is 1. The van der Waals surface area contributed by atoms with Crippen LogP contribution in [0, 0.1) is 0 Å². The zero-order valence-electron chi connectivity index (χ0n) is 13.2. The Kier molecular flexibility index (Phi) is 5.71. The molecule has 23 heavy (non-hydrogen) atoms. The van der Waals surface area contributed by atoms with Gasteiger partial charge in [-0.25, -0.2) is 4.57 Å². The van der Waals surface area contributed by atoms with E-state index in [1.54, 1.807) is 12.3 Å². The third-order valence-electron chi connectivity index (χ3n) is 3.86. The molecule has 3 nitrogen and oxygen atoms in total. The van der Waals surface area contributed by atoms with Gasteiger partial charge >= 0.3 is 0 Å². The molecule has 0 radical (unpaired) electrons. The van der Waals surface area contributed by atoms with Crippen LogP contribution in [-0.4, -0.2) is 10.1 Å². The van der Waals surface area contributed by atoms with Gasteiger partial charge in [0.25, 0.3) is 0 Å². The van der Waals surface area contributed by atoms with Crippen LogP contribution in [0.3, 0.4) is 0 Å². The number of nitrogens with zero attached hydrogens (tertiary/aromatic N) is 2. The molecule has 1 aromatic carbocycles. The molecule has 0 aliphatic carbocycles. The Balaban J connectivity index is 0.00000192. The molecule has 1 N–H and O–H groups in total. The van der Waals surface area contributed by atoms with E-state index in [0.29, 0.717) is 5.52 Å². The van der Waals surface area contributed by atoms with Crippen molar-refractivity contribution in [2.24, 2.45) is 7.05 Å². The number of aromatic nitrogens is 2. The van der Waals surface area contributed by atoms with Gasteiger partial charge in [-0.05, 0) is 36.3 Å². The number of aryl methyl sites for hydroxylation is 2. The van der Waals surface area contributed by atoms with E-state index in [1.807, 2.05) is 18.2 Å². The fourth-order valence-electron chi connectivity index (χ4n) is 2.56. The largest absolute Gasteiger partial charge is 1.00 e. The minimum absolute atomic E-state index is 0. The van der Waals surface area contributed by atoms with Crippen molar-refractivity contribution in [3.8, 4) is 5.75 Å². The van der Waals surface area contributed by atoms with Gasteiger partial charge in [0.2, 0.25) is 5.69 Å². The van der Waals surface area contributed by atoms with E-state index in [0.717, 1.165) is 23.1 Å². The molecule has 0 amide bonds. The predicted octanol–water partition coefficient (Wildman–Crippen LogP) is 0.502. The summed E-state index contributed by atoms with van der Waals surface area (Å²) in [5.74, 6) is 0.214. The fourth-order valence-corrected chi connectivity index (χ4v) is 2.56. The fraction of sp³-hybridized carbons (Fsp3) is 0.158. The zero-order chi connectivity index (χ0) is 15.5. The van der Waals surface area contributed by atoms with Crippen LogP contribution in [-0.2, 0) is 13.5 Å². The van der Waals surface area contributed by atoms with E-state index in [1.165, 1.54) is 5.56 Å². The van der Waals surface area contributed by atoms with E-state index in [2.05, 4.69) is 54.0 Å². The van der Waals surface area contributed by atoms with Crippen LogP contribution in [0.2, 0.25) is 0 Å². The molecule has 2 heterocycles. The first-order valence-corrected chi connectivity index (χ1v) is 7.42. The van der Waals surface area contributed by atoms with E-state index in [9.17, 15) is 5.11 Å². The van der Waals surface area contributed by atoms with Gasteiger partial charge in [0, 0.05) is 29.3 Å². The summed E-state index contributed by atoms with van der Waals surface area (Å²) in [6.45, 7) is 2.15. The zero-order valence-corrected chi connectivity index (χ0v) is 15.4. The van der Waals surface area contributed by atoms with Crippen LogP contribution in [0.5, 0.6) is 5.75 Å². The summed E-state index contributed by atoms with van der Waals surface area (Å²) >= 11 is 0. The van der Waals surface area contributed by atoms with Gasteiger partial charge in [0.15, 0.2) is 6.20 Å². The maximum atomic E-state index is 9.89. The van der Waals surface area contributed by atoms with Crippen molar-refractivity contribution < 1.29 is 33.7 Å². The highest BCUT2D eigenvalue weighted by molar-refractivity contribution is 5.93. The summed E-state index contributed by atoms with van der Waals surface area (Å²) in [5, 5.41) is 10.8. The Hall–Kier alpha value is -1.95. The van der Waals surface area contributed by atoms with Crippen LogP contribution in [0.4, 0.5) is 0 Å². The lowest BCUT2D eigenvalue weighted by Crippen LogP contribution is -3.00. The Morgan fingerprint density at radius 1 is 1.13 bits per heavy atom. The highest BCUT2D eigenvalue weighted by Gasteiger charge is 2.06. The maximum absolute atomic E-state index is 9.89. The van der Waals surface area contributed by atoms with Crippen molar-refractivity contribution in [3.63, 3.8) is 0 Å². The normalized spacial score (nSPS) is 10.9. The second-order valence-electron chi connectivity index (χ2n) is 5.33. The molecule has 0 bridgehead atoms. The van der Waals surface area contributed by atoms with Crippen LogP contribution in [0.1, 0.15) is 23.7 Å². The maximum Gasteiger partial charge on any atom is 0.204 e. The number of benzene rings is 1. The first-order chi connectivity index (χ1) is 10.7. The van der Waals surface area contributed by atoms with Gasteiger partial charge in [-0.2, -0.15) is 0 Å². The molecule has 0 unspecified atom stereocenters. The number of rotatable bonds is 3. The average molecular weight is 418 g/mol. The Labute approximate surface area is 153 Å². The molecule has 0 aliphatic rings. The molecule has 0 atom stereocenters. The summed E-state index contributed by atoms with van der Waals surface area (Å²) in [7, 11) is 2.05. The number of phenolic OH excluding ortho intramolecular Hbond substituents is 1. The molecule has 2 aromatic heterocycles. The summed E-state index contributed by atoms with van der Waals surface area (Å²) in [6, 6.07) is 11.7. The van der Waals surface area contributed by atoms with Crippen molar-refractivity contribution in [2.75, 3.05) is 0 Å². The summed E-state index contributed by atoms with van der Waals surface area (Å²) < 4.78 is 2.12. The van der Waals surface area contributed by atoms with Crippen molar-refractivity contribution in [1.29, 1.82) is 0 Å². The third-order valence-corrected chi connectivity index (χ3v) is 3.86. The molecule has 3 aromatic rings. The molecule has 3 rings (SSSR count). The Morgan fingerprint density at radius 3 is 2.70 bits per heavy atom.